The molecule has 3 rings (SSSR count). The van der Waals surface area contributed by atoms with Crippen molar-refractivity contribution >= 4 is 0 Å². The van der Waals surface area contributed by atoms with Gasteiger partial charge in [-0.3, -0.25) is 0 Å². The quantitative estimate of drug-likeness (QED) is 0.827. The molecule has 1 N–H and O–H groups in total. The first-order valence-electron chi connectivity index (χ1n) is 7.24. The normalized spacial score (nSPS) is 22.3. The number of halogens is 2. The summed E-state index contributed by atoms with van der Waals surface area (Å²) in [4.78, 5) is 0. The SMILES string of the molecule is CC(CNC1CC1)(Cc1ccc(F)c(F)c1)C1CC1. The van der Waals surface area contributed by atoms with E-state index in [4.69, 9.17) is 0 Å². The number of nitrogens with one attached hydrogen (secondary N) is 1. The molecule has 1 aromatic rings. The predicted octanol–water partition coefficient (Wildman–Crippen LogP) is 3.68. The first kappa shape index (κ1) is 13.0. The Balaban J connectivity index is 1.70. The second kappa shape index (κ2) is 4.86. The zero-order valence-corrected chi connectivity index (χ0v) is 11.4. The monoisotopic (exact) mass is 265 g/mol. The fourth-order valence-electron chi connectivity index (χ4n) is 2.91. The van der Waals surface area contributed by atoms with Crippen LogP contribution in [-0.2, 0) is 6.42 Å². The first-order chi connectivity index (χ1) is 9.07. The molecule has 0 saturated heterocycles. The lowest BCUT2D eigenvalue weighted by Crippen LogP contribution is -2.36. The van der Waals surface area contributed by atoms with Gasteiger partial charge in [-0.1, -0.05) is 13.0 Å². The Kier molecular flexibility index (Phi) is 3.34. The Morgan fingerprint density at radius 3 is 2.47 bits per heavy atom. The van der Waals surface area contributed by atoms with Crippen molar-refractivity contribution < 1.29 is 8.78 Å². The summed E-state index contributed by atoms with van der Waals surface area (Å²) in [5, 5.41) is 3.60. The lowest BCUT2D eigenvalue weighted by molar-refractivity contribution is 0.254. The average molecular weight is 265 g/mol. The van der Waals surface area contributed by atoms with E-state index in [9.17, 15) is 8.78 Å². The third kappa shape index (κ3) is 3.14. The van der Waals surface area contributed by atoms with Gasteiger partial charge in [-0.15, -0.1) is 0 Å². The van der Waals surface area contributed by atoms with Gasteiger partial charge in [-0.25, -0.2) is 8.78 Å². The Bertz CT molecular complexity index is 466. The van der Waals surface area contributed by atoms with E-state index in [0.29, 0.717) is 6.04 Å². The molecule has 3 heteroatoms. The van der Waals surface area contributed by atoms with Crippen LogP contribution in [-0.4, -0.2) is 12.6 Å². The van der Waals surface area contributed by atoms with Crippen molar-refractivity contribution in [3.8, 4) is 0 Å². The first-order valence-corrected chi connectivity index (χ1v) is 7.24. The largest absolute Gasteiger partial charge is 0.313 e. The molecule has 2 aliphatic rings. The van der Waals surface area contributed by atoms with Gasteiger partial charge < -0.3 is 5.32 Å². The summed E-state index contributed by atoms with van der Waals surface area (Å²) in [6, 6.07) is 5.01. The van der Waals surface area contributed by atoms with Crippen LogP contribution >= 0.6 is 0 Å². The molecule has 1 aromatic carbocycles. The standard InChI is InChI=1S/C16H21F2N/c1-16(12-3-4-12,10-19-13-5-6-13)9-11-2-7-14(17)15(18)8-11/h2,7-8,12-13,19H,3-6,9-10H2,1H3. The molecule has 1 atom stereocenters. The number of benzene rings is 1. The highest BCUT2D eigenvalue weighted by Crippen LogP contribution is 2.47. The lowest BCUT2D eigenvalue weighted by Gasteiger charge is -2.30. The van der Waals surface area contributed by atoms with Crippen LogP contribution in [0.4, 0.5) is 8.78 Å². The Morgan fingerprint density at radius 1 is 1.16 bits per heavy atom. The van der Waals surface area contributed by atoms with Crippen LogP contribution in [0.3, 0.4) is 0 Å². The molecule has 1 unspecified atom stereocenters. The minimum absolute atomic E-state index is 0.173. The molecule has 2 saturated carbocycles. The number of hydrogen-bond donors (Lipinski definition) is 1. The van der Waals surface area contributed by atoms with Gasteiger partial charge in [0.25, 0.3) is 0 Å². The van der Waals surface area contributed by atoms with Crippen molar-refractivity contribution in [3.63, 3.8) is 0 Å². The predicted molar refractivity (Wildman–Crippen MR) is 71.9 cm³/mol. The molecule has 0 spiro atoms. The van der Waals surface area contributed by atoms with E-state index in [2.05, 4.69) is 12.2 Å². The van der Waals surface area contributed by atoms with E-state index in [0.717, 1.165) is 24.4 Å². The van der Waals surface area contributed by atoms with Crippen molar-refractivity contribution in [2.75, 3.05) is 6.54 Å². The molecule has 0 amide bonds. The van der Waals surface area contributed by atoms with Gasteiger partial charge in [0.1, 0.15) is 0 Å². The van der Waals surface area contributed by atoms with E-state index in [1.807, 2.05) is 0 Å². The zero-order chi connectivity index (χ0) is 13.5. The van der Waals surface area contributed by atoms with E-state index in [1.54, 1.807) is 6.07 Å². The van der Waals surface area contributed by atoms with Crippen LogP contribution < -0.4 is 5.32 Å². The van der Waals surface area contributed by atoms with Gasteiger partial charge in [0.05, 0.1) is 0 Å². The van der Waals surface area contributed by atoms with E-state index < -0.39 is 11.6 Å². The fourth-order valence-corrected chi connectivity index (χ4v) is 2.91. The van der Waals surface area contributed by atoms with E-state index >= 15 is 0 Å². The molecule has 19 heavy (non-hydrogen) atoms. The summed E-state index contributed by atoms with van der Waals surface area (Å²) >= 11 is 0. The fraction of sp³-hybridized carbons (Fsp3) is 0.625. The topological polar surface area (TPSA) is 12.0 Å². The maximum absolute atomic E-state index is 13.3. The van der Waals surface area contributed by atoms with E-state index in [1.165, 1.54) is 37.8 Å². The highest BCUT2D eigenvalue weighted by atomic mass is 19.2. The third-order valence-electron chi connectivity index (χ3n) is 4.53. The molecule has 2 fully saturated rings. The minimum atomic E-state index is -0.756. The highest BCUT2D eigenvalue weighted by molar-refractivity contribution is 5.20. The van der Waals surface area contributed by atoms with Crippen LogP contribution in [0.2, 0.25) is 0 Å². The molecule has 1 nitrogen and oxygen atoms in total. The molecule has 0 bridgehead atoms. The van der Waals surface area contributed by atoms with Gasteiger partial charge in [-0.05, 0) is 61.1 Å². The van der Waals surface area contributed by atoms with E-state index in [-0.39, 0.29) is 5.41 Å². The Morgan fingerprint density at radius 2 is 1.89 bits per heavy atom. The maximum atomic E-state index is 13.3. The maximum Gasteiger partial charge on any atom is 0.159 e. The molecular formula is C16H21F2N. The van der Waals surface area contributed by atoms with Gasteiger partial charge in [0.2, 0.25) is 0 Å². The number of rotatable bonds is 6. The van der Waals surface area contributed by atoms with Crippen molar-refractivity contribution in [2.24, 2.45) is 11.3 Å². The summed E-state index contributed by atoms with van der Waals surface area (Å²) in [5.74, 6) is -0.759. The minimum Gasteiger partial charge on any atom is -0.313 e. The summed E-state index contributed by atoms with van der Waals surface area (Å²) in [6.45, 7) is 3.27. The Hall–Kier alpha value is -0.960. The van der Waals surface area contributed by atoms with Crippen molar-refractivity contribution in [2.45, 2.75) is 45.1 Å². The average Bonchev–Trinajstić information content (AvgIpc) is 3.25. The smallest absolute Gasteiger partial charge is 0.159 e. The molecule has 2 aliphatic carbocycles. The molecule has 0 radical (unpaired) electrons. The summed E-state index contributed by atoms with van der Waals surface area (Å²) in [7, 11) is 0. The van der Waals surface area contributed by atoms with Gasteiger partial charge in [0.15, 0.2) is 11.6 Å². The van der Waals surface area contributed by atoms with Crippen LogP contribution in [0, 0.1) is 23.0 Å². The lowest BCUT2D eigenvalue weighted by atomic mass is 9.78. The van der Waals surface area contributed by atoms with Crippen LogP contribution in [0.1, 0.15) is 38.2 Å². The van der Waals surface area contributed by atoms with Crippen LogP contribution in [0.5, 0.6) is 0 Å². The van der Waals surface area contributed by atoms with Gasteiger partial charge >= 0.3 is 0 Å². The van der Waals surface area contributed by atoms with Crippen molar-refractivity contribution in [3.05, 3.63) is 35.4 Å². The summed E-state index contributed by atoms with van der Waals surface area (Å²) in [5.41, 5.74) is 1.08. The Labute approximate surface area is 113 Å². The van der Waals surface area contributed by atoms with Crippen LogP contribution in [0.15, 0.2) is 18.2 Å². The highest BCUT2D eigenvalue weighted by Gasteiger charge is 2.42. The van der Waals surface area contributed by atoms with Crippen LogP contribution in [0.25, 0.3) is 0 Å². The molecule has 0 aliphatic heterocycles. The van der Waals surface area contributed by atoms with Gasteiger partial charge in [-0.2, -0.15) is 0 Å². The molecule has 0 heterocycles. The number of hydrogen-bond acceptors (Lipinski definition) is 1. The second-order valence-electron chi connectivity index (χ2n) is 6.51. The van der Waals surface area contributed by atoms with Crippen molar-refractivity contribution in [1.29, 1.82) is 0 Å². The molecular weight excluding hydrogens is 244 g/mol. The van der Waals surface area contributed by atoms with Crippen molar-refractivity contribution in [1.82, 2.24) is 5.32 Å². The summed E-state index contributed by atoms with van der Waals surface area (Å²) < 4.78 is 26.3. The molecule has 0 aromatic heterocycles. The van der Waals surface area contributed by atoms with Gasteiger partial charge in [0, 0.05) is 12.6 Å². The molecule has 104 valence electrons. The third-order valence-corrected chi connectivity index (χ3v) is 4.53. The summed E-state index contributed by atoms with van der Waals surface area (Å²) in [6.07, 6.45) is 5.94. The second-order valence-corrected chi connectivity index (χ2v) is 6.51. The zero-order valence-electron chi connectivity index (χ0n) is 11.4.